The minimum Gasteiger partial charge on any atom is -0.301 e. The summed E-state index contributed by atoms with van der Waals surface area (Å²) in [5.74, 6) is -0.536. The van der Waals surface area contributed by atoms with Gasteiger partial charge in [0, 0.05) is 23.5 Å². The lowest BCUT2D eigenvalue weighted by Gasteiger charge is -2.21. The van der Waals surface area contributed by atoms with Crippen LogP contribution in [0, 0.1) is 0 Å². The van der Waals surface area contributed by atoms with Gasteiger partial charge in [0.2, 0.25) is 0 Å². The Morgan fingerprint density at radius 3 is 2.64 bits per heavy atom. The van der Waals surface area contributed by atoms with Gasteiger partial charge in [0.1, 0.15) is 6.17 Å². The van der Waals surface area contributed by atoms with Crippen molar-refractivity contribution in [3.8, 4) is 0 Å². The largest absolute Gasteiger partial charge is 0.416 e. The second-order valence-electron chi connectivity index (χ2n) is 8.78. The molecule has 0 N–H and O–H groups in total. The van der Waals surface area contributed by atoms with Crippen LogP contribution in [0.15, 0.2) is 47.5 Å². The summed E-state index contributed by atoms with van der Waals surface area (Å²) >= 11 is 6.53. The van der Waals surface area contributed by atoms with Gasteiger partial charge in [-0.3, -0.25) is 19.2 Å². The van der Waals surface area contributed by atoms with Crippen LogP contribution in [-0.4, -0.2) is 63.1 Å². The number of benzene rings is 2. The van der Waals surface area contributed by atoms with Crippen LogP contribution in [0.4, 0.5) is 22.4 Å². The summed E-state index contributed by atoms with van der Waals surface area (Å²) in [6, 6.07) is 7.89. The van der Waals surface area contributed by atoms with Crippen LogP contribution in [0.1, 0.15) is 16.7 Å². The van der Waals surface area contributed by atoms with Gasteiger partial charge in [-0.25, -0.2) is 4.39 Å². The number of carbonyl (C=O) groups is 2. The molecular formula is C24H19ClF4N4O2S. The van der Waals surface area contributed by atoms with E-state index >= 15 is 0 Å². The highest BCUT2D eigenvalue weighted by Crippen LogP contribution is 2.37. The van der Waals surface area contributed by atoms with E-state index in [1.54, 1.807) is 36.2 Å². The number of rotatable bonds is 4. The van der Waals surface area contributed by atoms with Gasteiger partial charge in [-0.1, -0.05) is 23.7 Å². The Hall–Kier alpha value is -2.89. The molecule has 3 heterocycles. The molecule has 3 aromatic rings. The van der Waals surface area contributed by atoms with Crippen molar-refractivity contribution < 1.29 is 27.2 Å². The smallest absolute Gasteiger partial charge is 0.301 e. The Morgan fingerprint density at radius 1 is 1.17 bits per heavy atom. The van der Waals surface area contributed by atoms with Gasteiger partial charge < -0.3 is 4.90 Å². The molecule has 1 aromatic heterocycles. The molecule has 0 unspecified atom stereocenters. The average molecular weight is 539 g/mol. The second-order valence-corrected chi connectivity index (χ2v) is 10.2. The summed E-state index contributed by atoms with van der Waals surface area (Å²) < 4.78 is 56.2. The van der Waals surface area contributed by atoms with Crippen LogP contribution in [0.5, 0.6) is 0 Å². The molecule has 0 spiro atoms. The first-order valence-corrected chi connectivity index (χ1v) is 12.1. The minimum atomic E-state index is -4.56. The molecule has 0 bridgehead atoms. The number of fused-ring (bicyclic) bond motifs is 1. The maximum absolute atomic E-state index is 14.3. The fourth-order valence-electron chi connectivity index (χ4n) is 4.52. The summed E-state index contributed by atoms with van der Waals surface area (Å²) in [6.45, 7) is 0.321. The van der Waals surface area contributed by atoms with Crippen LogP contribution in [0.3, 0.4) is 0 Å². The van der Waals surface area contributed by atoms with Crippen molar-refractivity contribution in [1.29, 1.82) is 0 Å². The van der Waals surface area contributed by atoms with Gasteiger partial charge in [-0.15, -0.1) is 0 Å². The molecule has 0 aliphatic carbocycles. The van der Waals surface area contributed by atoms with Crippen molar-refractivity contribution >= 4 is 51.5 Å². The van der Waals surface area contributed by atoms with Crippen LogP contribution in [-0.2, 0) is 17.5 Å². The van der Waals surface area contributed by atoms with Gasteiger partial charge in [-0.2, -0.15) is 18.3 Å². The van der Waals surface area contributed by atoms with Gasteiger partial charge >= 0.3 is 6.18 Å². The van der Waals surface area contributed by atoms with Crippen molar-refractivity contribution in [2.45, 2.75) is 24.9 Å². The molecule has 2 saturated heterocycles. The highest BCUT2D eigenvalue weighted by molar-refractivity contribution is 8.18. The molecule has 36 heavy (non-hydrogen) atoms. The number of hydrogen-bond donors (Lipinski definition) is 0. The van der Waals surface area contributed by atoms with Crippen LogP contribution < -0.4 is 0 Å². The quantitative estimate of drug-likeness (QED) is 0.327. The number of thioether (sulfide) groups is 1. The van der Waals surface area contributed by atoms with E-state index in [4.69, 9.17) is 11.6 Å². The summed E-state index contributed by atoms with van der Waals surface area (Å²) in [6.07, 6.45) is -2.79. The molecule has 2 aliphatic rings. The monoisotopic (exact) mass is 538 g/mol. The van der Waals surface area contributed by atoms with Crippen molar-refractivity contribution in [3.63, 3.8) is 0 Å². The minimum absolute atomic E-state index is 0.00700. The second kappa shape index (κ2) is 9.20. The topological polar surface area (TPSA) is 58.4 Å². The molecule has 0 radical (unpaired) electrons. The van der Waals surface area contributed by atoms with Gasteiger partial charge in [0.25, 0.3) is 11.1 Å². The third-order valence-corrected chi connectivity index (χ3v) is 7.34. The predicted octanol–water partition coefficient (Wildman–Crippen LogP) is 5.45. The first-order valence-electron chi connectivity index (χ1n) is 10.9. The molecule has 2 amide bonds. The van der Waals surface area contributed by atoms with E-state index < -0.39 is 35.1 Å². The van der Waals surface area contributed by atoms with Crippen molar-refractivity contribution in [1.82, 2.24) is 19.6 Å². The van der Waals surface area contributed by atoms with Crippen molar-refractivity contribution in [2.24, 2.45) is 0 Å². The number of nitrogens with zero attached hydrogens (tertiary/aromatic N) is 4. The molecule has 0 saturated carbocycles. The Labute approximate surface area is 212 Å². The number of imide groups is 1. The van der Waals surface area contributed by atoms with Crippen molar-refractivity contribution in [3.05, 3.63) is 69.2 Å². The normalized spacial score (nSPS) is 22.5. The van der Waals surface area contributed by atoms with Gasteiger partial charge in [0.05, 0.1) is 34.8 Å². The fraction of sp³-hybridized carbons (Fsp3) is 0.292. The molecular weight excluding hydrogens is 520 g/mol. The number of likely N-dealkylation sites (tertiary alicyclic amines) is 1. The number of hydrogen-bond acceptors (Lipinski definition) is 5. The maximum atomic E-state index is 14.3. The zero-order valence-electron chi connectivity index (χ0n) is 18.8. The summed E-state index contributed by atoms with van der Waals surface area (Å²) in [4.78, 5) is 28.3. The highest BCUT2D eigenvalue weighted by Gasteiger charge is 2.46. The Balaban J connectivity index is 1.40. The van der Waals surface area contributed by atoms with Gasteiger partial charge in [0.15, 0.2) is 0 Å². The van der Waals surface area contributed by atoms with E-state index in [1.165, 1.54) is 23.0 Å². The van der Waals surface area contributed by atoms with E-state index in [0.717, 1.165) is 22.7 Å². The van der Waals surface area contributed by atoms with E-state index in [0.29, 0.717) is 16.5 Å². The average Bonchev–Trinajstić information content (AvgIpc) is 3.43. The molecule has 2 fully saturated rings. The summed E-state index contributed by atoms with van der Waals surface area (Å²) in [5, 5.41) is 4.36. The van der Waals surface area contributed by atoms with Crippen molar-refractivity contribution in [2.75, 3.05) is 20.1 Å². The zero-order valence-corrected chi connectivity index (χ0v) is 20.4. The van der Waals surface area contributed by atoms with Crippen LogP contribution >= 0.6 is 23.4 Å². The molecule has 2 aromatic carbocycles. The molecule has 2 aliphatic heterocycles. The molecule has 6 nitrogen and oxygen atoms in total. The Bertz CT molecular complexity index is 1410. The number of amides is 2. The Kier molecular flexibility index (Phi) is 6.34. The molecule has 5 rings (SSSR count). The fourth-order valence-corrected chi connectivity index (χ4v) is 5.58. The number of carbonyl (C=O) groups excluding carboxylic acids is 2. The van der Waals surface area contributed by atoms with Crippen LogP contribution in [0.2, 0.25) is 5.02 Å². The number of alkyl halides is 4. The predicted molar refractivity (Wildman–Crippen MR) is 129 cm³/mol. The molecule has 12 heteroatoms. The van der Waals surface area contributed by atoms with Gasteiger partial charge in [-0.05, 0) is 60.3 Å². The summed E-state index contributed by atoms with van der Waals surface area (Å²) in [5.41, 5.74) is 0.404. The van der Waals surface area contributed by atoms with Crippen LogP contribution in [0.25, 0.3) is 17.0 Å². The lowest BCUT2D eigenvalue weighted by atomic mass is 10.1. The Morgan fingerprint density at radius 2 is 1.94 bits per heavy atom. The van der Waals surface area contributed by atoms with E-state index in [9.17, 15) is 27.2 Å². The van der Waals surface area contributed by atoms with E-state index in [2.05, 4.69) is 5.10 Å². The maximum Gasteiger partial charge on any atom is 0.416 e. The lowest BCUT2D eigenvalue weighted by molar-refractivity contribution is -0.138. The third kappa shape index (κ3) is 4.62. The zero-order chi connectivity index (χ0) is 25.8. The first-order chi connectivity index (χ1) is 17.0. The highest BCUT2D eigenvalue weighted by atomic mass is 35.5. The van der Waals surface area contributed by atoms with E-state index in [1.807, 2.05) is 0 Å². The molecule has 188 valence electrons. The van der Waals surface area contributed by atoms with E-state index in [-0.39, 0.29) is 35.1 Å². The SMILES string of the molecule is CN1C[C@@H](N2C(=O)S/C(=C\c3ccc4c(cnn4Cc4ccc(Cl)cc4C(F)(F)F)c3)C2=O)[C@@H](F)C1. The number of aromatic nitrogens is 2. The number of halogens is 5. The molecule has 2 atom stereocenters. The number of likely N-dealkylation sites (N-methyl/N-ethyl adjacent to an activating group) is 1. The lowest BCUT2D eigenvalue weighted by Crippen LogP contribution is -2.44. The summed E-state index contributed by atoms with van der Waals surface area (Å²) in [7, 11) is 1.73. The first kappa shape index (κ1) is 24.8. The standard InChI is InChI=1S/C24H19ClF4N4O2S/c1-31-11-18(26)20(12-31)33-22(34)21(36-23(33)35)7-13-2-5-19-15(6-13)9-30-32(19)10-14-3-4-16(25)8-17(14)24(27,28)29/h2-9,18,20H,10-12H2,1H3/b21-7-/t18-,20+/m0/s1. The third-order valence-electron chi connectivity index (χ3n) is 6.22.